The van der Waals surface area contributed by atoms with Gasteiger partial charge in [0, 0.05) is 10.0 Å². The van der Waals surface area contributed by atoms with Crippen LogP contribution in [0.3, 0.4) is 0 Å². The number of carbonyl (C=O) groups excluding carboxylic acids is 1. The van der Waals surface area contributed by atoms with Gasteiger partial charge < -0.3 is 4.74 Å². The molecule has 2 aromatic carbocycles. The molecule has 0 saturated heterocycles. The molecule has 0 radical (unpaired) electrons. The molecule has 2 aromatic rings. The highest BCUT2D eigenvalue weighted by Gasteiger charge is 2.15. The van der Waals surface area contributed by atoms with Crippen molar-refractivity contribution in [1.29, 1.82) is 0 Å². The maximum absolute atomic E-state index is 12.5. The molecule has 98 valence electrons. The van der Waals surface area contributed by atoms with E-state index >= 15 is 0 Å². The van der Waals surface area contributed by atoms with Gasteiger partial charge in [0.15, 0.2) is 5.78 Å². The first-order valence-corrected chi connectivity index (χ1v) is 6.84. The van der Waals surface area contributed by atoms with Crippen molar-refractivity contribution in [2.75, 3.05) is 7.11 Å². The predicted octanol–water partition coefficient (Wildman–Crippen LogP) is 4.65. The van der Waals surface area contributed by atoms with Crippen LogP contribution in [0.15, 0.2) is 40.9 Å². The summed E-state index contributed by atoms with van der Waals surface area (Å²) in [6, 6.07) is 10.7. The number of aryl methyl sites for hydroxylation is 1. The highest BCUT2D eigenvalue weighted by Crippen LogP contribution is 2.27. The van der Waals surface area contributed by atoms with Crippen molar-refractivity contribution in [1.82, 2.24) is 0 Å². The minimum absolute atomic E-state index is 0.102. The Morgan fingerprint density at radius 3 is 2.58 bits per heavy atom. The molecule has 0 atom stereocenters. The normalized spacial score (nSPS) is 10.3. The molecular weight excluding hydrogens is 328 g/mol. The third-order valence-electron chi connectivity index (χ3n) is 2.78. The Balaban J connectivity index is 2.49. The Bertz CT molecular complexity index is 638. The van der Waals surface area contributed by atoms with Crippen molar-refractivity contribution >= 4 is 33.3 Å². The third kappa shape index (κ3) is 2.99. The van der Waals surface area contributed by atoms with Gasteiger partial charge in [-0.25, -0.2) is 0 Å². The second-order valence-corrected chi connectivity index (χ2v) is 5.42. The SMILES string of the molecule is COc1ccc(C)cc1C(=O)c1ccc(Br)c(Cl)c1. The maximum Gasteiger partial charge on any atom is 0.196 e. The standard InChI is InChI=1S/C15H12BrClO2/c1-9-3-6-14(19-2)11(7-9)15(18)10-4-5-12(16)13(17)8-10/h3-8H,1-2H3. The average Bonchev–Trinajstić information content (AvgIpc) is 2.41. The molecule has 0 bridgehead atoms. The zero-order valence-electron chi connectivity index (χ0n) is 10.5. The molecule has 0 spiro atoms. The van der Waals surface area contributed by atoms with Crippen molar-refractivity contribution in [2.45, 2.75) is 6.92 Å². The van der Waals surface area contributed by atoms with Gasteiger partial charge in [-0.1, -0.05) is 23.2 Å². The summed E-state index contributed by atoms with van der Waals surface area (Å²) >= 11 is 9.33. The van der Waals surface area contributed by atoms with Crippen LogP contribution in [0.1, 0.15) is 21.5 Å². The monoisotopic (exact) mass is 338 g/mol. The van der Waals surface area contributed by atoms with Crippen LogP contribution in [-0.4, -0.2) is 12.9 Å². The lowest BCUT2D eigenvalue weighted by Gasteiger charge is -2.09. The largest absolute Gasteiger partial charge is 0.496 e. The van der Waals surface area contributed by atoms with Gasteiger partial charge in [0.1, 0.15) is 5.75 Å². The van der Waals surface area contributed by atoms with Gasteiger partial charge in [-0.15, -0.1) is 0 Å². The summed E-state index contributed by atoms with van der Waals surface area (Å²) in [6.45, 7) is 1.94. The molecule has 19 heavy (non-hydrogen) atoms. The first-order chi connectivity index (χ1) is 9.02. The summed E-state index contributed by atoms with van der Waals surface area (Å²) in [5.41, 5.74) is 2.09. The lowest BCUT2D eigenvalue weighted by Crippen LogP contribution is -2.04. The van der Waals surface area contributed by atoms with Gasteiger partial charge in [0.05, 0.1) is 17.7 Å². The van der Waals surface area contributed by atoms with Crippen molar-refractivity contribution in [3.05, 3.63) is 62.6 Å². The zero-order chi connectivity index (χ0) is 14.0. The molecule has 0 heterocycles. The van der Waals surface area contributed by atoms with Crippen LogP contribution in [0.5, 0.6) is 5.75 Å². The summed E-state index contributed by atoms with van der Waals surface area (Å²) in [6.07, 6.45) is 0. The van der Waals surface area contributed by atoms with E-state index in [4.69, 9.17) is 16.3 Å². The number of rotatable bonds is 3. The van der Waals surface area contributed by atoms with Gasteiger partial charge in [0.25, 0.3) is 0 Å². The van der Waals surface area contributed by atoms with Gasteiger partial charge in [-0.05, 0) is 53.2 Å². The lowest BCUT2D eigenvalue weighted by atomic mass is 10.0. The molecule has 0 aliphatic heterocycles. The second kappa shape index (κ2) is 5.76. The average molecular weight is 340 g/mol. The first-order valence-electron chi connectivity index (χ1n) is 5.67. The summed E-state index contributed by atoms with van der Waals surface area (Å²) in [7, 11) is 1.55. The van der Waals surface area contributed by atoms with Crippen LogP contribution in [0.4, 0.5) is 0 Å². The van der Waals surface area contributed by atoms with Crippen LogP contribution in [0, 0.1) is 6.92 Å². The van der Waals surface area contributed by atoms with Crippen LogP contribution in [0.25, 0.3) is 0 Å². The van der Waals surface area contributed by atoms with E-state index in [2.05, 4.69) is 15.9 Å². The summed E-state index contributed by atoms with van der Waals surface area (Å²) < 4.78 is 6.00. The fourth-order valence-corrected chi connectivity index (χ4v) is 2.22. The Kier molecular flexibility index (Phi) is 4.27. The molecule has 0 N–H and O–H groups in total. The molecule has 0 aromatic heterocycles. The highest BCUT2D eigenvalue weighted by atomic mass is 79.9. The van der Waals surface area contributed by atoms with Gasteiger partial charge in [-0.2, -0.15) is 0 Å². The molecule has 0 aliphatic carbocycles. The number of methoxy groups -OCH3 is 1. The van der Waals surface area contributed by atoms with E-state index in [1.165, 1.54) is 0 Å². The zero-order valence-corrected chi connectivity index (χ0v) is 12.9. The summed E-state index contributed by atoms with van der Waals surface area (Å²) in [5.74, 6) is 0.463. The Morgan fingerprint density at radius 2 is 1.95 bits per heavy atom. The maximum atomic E-state index is 12.5. The number of hydrogen-bond donors (Lipinski definition) is 0. The lowest BCUT2D eigenvalue weighted by molar-refractivity contribution is 0.103. The summed E-state index contributed by atoms with van der Waals surface area (Å²) in [4.78, 5) is 12.5. The van der Waals surface area contributed by atoms with E-state index in [0.717, 1.165) is 10.0 Å². The second-order valence-electron chi connectivity index (χ2n) is 4.16. The smallest absolute Gasteiger partial charge is 0.196 e. The molecule has 0 saturated carbocycles. The van der Waals surface area contributed by atoms with Gasteiger partial charge in [0.2, 0.25) is 0 Å². The number of ether oxygens (including phenoxy) is 1. The first kappa shape index (κ1) is 14.1. The van der Waals surface area contributed by atoms with E-state index in [0.29, 0.717) is 21.9 Å². The van der Waals surface area contributed by atoms with Crippen LogP contribution >= 0.6 is 27.5 Å². The van der Waals surface area contributed by atoms with Crippen molar-refractivity contribution in [3.63, 3.8) is 0 Å². The van der Waals surface area contributed by atoms with Crippen LogP contribution in [-0.2, 0) is 0 Å². The van der Waals surface area contributed by atoms with Crippen LogP contribution < -0.4 is 4.74 Å². The molecule has 2 nitrogen and oxygen atoms in total. The topological polar surface area (TPSA) is 26.3 Å². The quantitative estimate of drug-likeness (QED) is 0.761. The molecule has 0 amide bonds. The number of halogens is 2. The fourth-order valence-electron chi connectivity index (χ4n) is 1.79. The van der Waals surface area contributed by atoms with E-state index in [1.54, 1.807) is 31.4 Å². The van der Waals surface area contributed by atoms with Crippen molar-refractivity contribution < 1.29 is 9.53 Å². The van der Waals surface area contributed by atoms with E-state index in [1.807, 2.05) is 19.1 Å². The van der Waals surface area contributed by atoms with Crippen LogP contribution in [0.2, 0.25) is 5.02 Å². The number of hydrogen-bond acceptors (Lipinski definition) is 2. The molecule has 2 rings (SSSR count). The van der Waals surface area contributed by atoms with Gasteiger partial charge >= 0.3 is 0 Å². The van der Waals surface area contributed by atoms with E-state index in [-0.39, 0.29) is 5.78 Å². The molecule has 0 fully saturated rings. The van der Waals surface area contributed by atoms with Crippen molar-refractivity contribution in [2.24, 2.45) is 0 Å². The molecule has 4 heteroatoms. The fraction of sp³-hybridized carbons (Fsp3) is 0.133. The number of carbonyl (C=O) groups is 1. The number of ketones is 1. The third-order valence-corrected chi connectivity index (χ3v) is 4.01. The molecular formula is C15H12BrClO2. The minimum atomic E-state index is -0.102. The van der Waals surface area contributed by atoms with E-state index in [9.17, 15) is 4.79 Å². The van der Waals surface area contributed by atoms with Crippen molar-refractivity contribution in [3.8, 4) is 5.75 Å². The highest BCUT2D eigenvalue weighted by molar-refractivity contribution is 9.10. The summed E-state index contributed by atoms with van der Waals surface area (Å²) in [5, 5.41) is 0.512. The predicted molar refractivity (Wildman–Crippen MR) is 80.3 cm³/mol. The Labute approximate surface area is 125 Å². The van der Waals surface area contributed by atoms with E-state index < -0.39 is 0 Å². The molecule has 0 unspecified atom stereocenters. The van der Waals surface area contributed by atoms with Gasteiger partial charge in [-0.3, -0.25) is 4.79 Å². The Hall–Kier alpha value is -1.32. The number of benzene rings is 2. The minimum Gasteiger partial charge on any atom is -0.496 e. The Morgan fingerprint density at radius 1 is 1.21 bits per heavy atom. The molecule has 0 aliphatic rings.